The maximum atomic E-state index is 11.3. The lowest BCUT2D eigenvalue weighted by Gasteiger charge is -2.12. The van der Waals surface area contributed by atoms with Gasteiger partial charge >= 0.3 is 5.76 Å². The Balaban J connectivity index is 2.43. The van der Waals surface area contributed by atoms with Crippen molar-refractivity contribution in [2.75, 3.05) is 12.9 Å². The molecule has 0 aliphatic rings. The van der Waals surface area contributed by atoms with Gasteiger partial charge in [0.05, 0.1) is 5.52 Å². The SMILES string of the molecule is CN(CS)Cc1ccc2oc(=O)n(C)c2c1. The van der Waals surface area contributed by atoms with Crippen LogP contribution in [0.1, 0.15) is 5.56 Å². The highest BCUT2D eigenvalue weighted by molar-refractivity contribution is 7.80. The third-order valence-electron chi connectivity index (χ3n) is 2.55. The van der Waals surface area contributed by atoms with Gasteiger partial charge < -0.3 is 4.42 Å². The van der Waals surface area contributed by atoms with Gasteiger partial charge in [-0.05, 0) is 24.7 Å². The van der Waals surface area contributed by atoms with Crippen molar-refractivity contribution in [2.45, 2.75) is 6.54 Å². The Morgan fingerprint density at radius 1 is 1.50 bits per heavy atom. The highest BCUT2D eigenvalue weighted by Crippen LogP contribution is 2.15. The molecule has 0 bridgehead atoms. The smallest absolute Gasteiger partial charge is 0.408 e. The van der Waals surface area contributed by atoms with Crippen LogP contribution >= 0.6 is 12.6 Å². The van der Waals surface area contributed by atoms with Gasteiger partial charge in [0, 0.05) is 19.5 Å². The van der Waals surface area contributed by atoms with Gasteiger partial charge in [-0.25, -0.2) is 4.79 Å². The maximum absolute atomic E-state index is 11.3. The number of hydrogen-bond donors (Lipinski definition) is 1. The molecule has 0 aliphatic carbocycles. The molecule has 1 aromatic heterocycles. The summed E-state index contributed by atoms with van der Waals surface area (Å²) in [6, 6.07) is 5.77. The van der Waals surface area contributed by atoms with Crippen LogP contribution in [0.4, 0.5) is 0 Å². The topological polar surface area (TPSA) is 38.4 Å². The van der Waals surface area contributed by atoms with Crippen LogP contribution in [0.3, 0.4) is 0 Å². The number of hydrogen-bond acceptors (Lipinski definition) is 4. The summed E-state index contributed by atoms with van der Waals surface area (Å²) in [5, 5.41) is 0. The molecule has 0 radical (unpaired) electrons. The van der Waals surface area contributed by atoms with Gasteiger partial charge in [0.1, 0.15) is 0 Å². The zero-order chi connectivity index (χ0) is 11.7. The van der Waals surface area contributed by atoms with Crippen LogP contribution in [-0.4, -0.2) is 22.4 Å². The Hall–Kier alpha value is -1.20. The standard InChI is InChI=1S/C11H14N2O2S/c1-12(7-16)6-8-3-4-10-9(5-8)13(2)11(14)15-10/h3-5,16H,6-7H2,1-2H3. The molecule has 2 rings (SSSR count). The second kappa shape index (κ2) is 4.35. The van der Waals surface area contributed by atoms with Crippen molar-refractivity contribution >= 4 is 23.7 Å². The van der Waals surface area contributed by atoms with Crippen molar-refractivity contribution in [3.05, 3.63) is 34.3 Å². The van der Waals surface area contributed by atoms with Gasteiger partial charge in [0.15, 0.2) is 5.58 Å². The van der Waals surface area contributed by atoms with E-state index in [0.717, 1.165) is 17.6 Å². The second-order valence-corrected chi connectivity index (χ2v) is 4.17. The second-order valence-electron chi connectivity index (χ2n) is 3.88. The fourth-order valence-corrected chi connectivity index (χ4v) is 1.73. The molecule has 0 atom stereocenters. The number of thiol groups is 1. The van der Waals surface area contributed by atoms with Gasteiger partial charge in [0.2, 0.25) is 0 Å². The number of aromatic nitrogens is 1. The van der Waals surface area contributed by atoms with Crippen molar-refractivity contribution in [2.24, 2.45) is 7.05 Å². The summed E-state index contributed by atoms with van der Waals surface area (Å²) in [7, 11) is 3.70. The summed E-state index contributed by atoms with van der Waals surface area (Å²) in [5.41, 5.74) is 2.60. The molecule has 0 aliphatic heterocycles. The number of benzene rings is 1. The molecule has 1 heterocycles. The minimum atomic E-state index is -0.324. The van der Waals surface area contributed by atoms with E-state index < -0.39 is 0 Å². The highest BCUT2D eigenvalue weighted by atomic mass is 32.1. The van der Waals surface area contributed by atoms with Crippen LogP contribution < -0.4 is 5.76 Å². The molecule has 86 valence electrons. The summed E-state index contributed by atoms with van der Waals surface area (Å²) >= 11 is 4.20. The van der Waals surface area contributed by atoms with Crippen molar-refractivity contribution in [1.82, 2.24) is 9.47 Å². The molecule has 4 nitrogen and oxygen atoms in total. The molecule has 0 saturated carbocycles. The first-order chi connectivity index (χ1) is 7.61. The minimum absolute atomic E-state index is 0.324. The minimum Gasteiger partial charge on any atom is -0.408 e. The molecule has 0 spiro atoms. The molecular weight excluding hydrogens is 224 g/mol. The van der Waals surface area contributed by atoms with E-state index >= 15 is 0 Å². The molecule has 0 amide bonds. The third kappa shape index (κ3) is 2.01. The largest absolute Gasteiger partial charge is 0.419 e. The van der Waals surface area contributed by atoms with Gasteiger partial charge in [-0.2, -0.15) is 12.6 Å². The molecule has 0 saturated heterocycles. The lowest BCUT2D eigenvalue weighted by molar-refractivity contribution is 0.387. The van der Waals surface area contributed by atoms with E-state index in [1.807, 2.05) is 25.2 Å². The summed E-state index contributed by atoms with van der Waals surface area (Å²) in [6.45, 7) is 0.804. The first kappa shape index (κ1) is 11.3. The number of rotatable bonds is 3. The Labute approximate surface area is 98.9 Å². The van der Waals surface area contributed by atoms with Crippen LogP contribution in [0.25, 0.3) is 11.1 Å². The van der Waals surface area contributed by atoms with E-state index in [-0.39, 0.29) is 5.76 Å². The molecule has 16 heavy (non-hydrogen) atoms. The maximum Gasteiger partial charge on any atom is 0.419 e. The number of oxazole rings is 1. The van der Waals surface area contributed by atoms with Crippen LogP contribution in [0.5, 0.6) is 0 Å². The Morgan fingerprint density at radius 2 is 2.25 bits per heavy atom. The van der Waals surface area contributed by atoms with E-state index in [0.29, 0.717) is 11.5 Å². The highest BCUT2D eigenvalue weighted by Gasteiger charge is 2.07. The lowest BCUT2D eigenvalue weighted by Crippen LogP contribution is -2.15. The zero-order valence-corrected chi connectivity index (χ0v) is 10.2. The summed E-state index contributed by atoms with van der Waals surface area (Å²) in [6.07, 6.45) is 0. The van der Waals surface area contributed by atoms with E-state index in [2.05, 4.69) is 17.5 Å². The third-order valence-corrected chi connectivity index (χ3v) is 3.03. The normalized spacial score (nSPS) is 11.5. The molecule has 0 unspecified atom stereocenters. The Kier molecular flexibility index (Phi) is 3.07. The fourth-order valence-electron chi connectivity index (χ4n) is 1.63. The van der Waals surface area contributed by atoms with Crippen molar-refractivity contribution in [3.8, 4) is 0 Å². The van der Waals surface area contributed by atoms with Gasteiger partial charge in [0.25, 0.3) is 0 Å². The first-order valence-corrected chi connectivity index (χ1v) is 5.63. The molecule has 2 aromatic rings. The predicted octanol–water partition coefficient (Wildman–Crippen LogP) is 1.45. The Bertz CT molecular complexity index is 559. The summed E-state index contributed by atoms with van der Waals surface area (Å²) in [4.78, 5) is 13.4. The fraction of sp³-hybridized carbons (Fsp3) is 0.364. The Morgan fingerprint density at radius 3 is 2.94 bits per heavy atom. The lowest BCUT2D eigenvalue weighted by atomic mass is 10.2. The van der Waals surface area contributed by atoms with Crippen molar-refractivity contribution in [1.29, 1.82) is 0 Å². The summed E-state index contributed by atoms with van der Waals surface area (Å²) in [5.74, 6) is 0.372. The van der Waals surface area contributed by atoms with Crippen LogP contribution in [0, 0.1) is 0 Å². The van der Waals surface area contributed by atoms with E-state index in [9.17, 15) is 4.79 Å². The number of nitrogens with zero attached hydrogens (tertiary/aromatic N) is 2. The van der Waals surface area contributed by atoms with Gasteiger partial charge in [-0.1, -0.05) is 6.07 Å². The number of fused-ring (bicyclic) bond motifs is 1. The van der Waals surface area contributed by atoms with E-state index in [1.165, 1.54) is 4.57 Å². The molecule has 1 aromatic carbocycles. The van der Waals surface area contributed by atoms with Crippen LogP contribution in [-0.2, 0) is 13.6 Å². The quantitative estimate of drug-likeness (QED) is 0.650. The average Bonchev–Trinajstić information content (AvgIpc) is 2.55. The zero-order valence-electron chi connectivity index (χ0n) is 9.30. The summed E-state index contributed by atoms with van der Waals surface area (Å²) < 4.78 is 6.58. The monoisotopic (exact) mass is 238 g/mol. The molecule has 0 fully saturated rings. The van der Waals surface area contributed by atoms with Gasteiger partial charge in [-0.3, -0.25) is 9.47 Å². The van der Waals surface area contributed by atoms with Crippen molar-refractivity contribution < 1.29 is 4.42 Å². The first-order valence-electron chi connectivity index (χ1n) is 4.99. The molecular formula is C11H14N2O2S. The van der Waals surface area contributed by atoms with Gasteiger partial charge in [-0.15, -0.1) is 0 Å². The van der Waals surface area contributed by atoms with E-state index in [4.69, 9.17) is 4.42 Å². The van der Waals surface area contributed by atoms with E-state index in [1.54, 1.807) is 7.05 Å². The predicted molar refractivity (Wildman–Crippen MR) is 66.8 cm³/mol. The molecule has 0 N–H and O–H groups in total. The van der Waals surface area contributed by atoms with Crippen molar-refractivity contribution in [3.63, 3.8) is 0 Å². The average molecular weight is 238 g/mol. The number of aryl methyl sites for hydroxylation is 1. The molecule has 5 heteroatoms. The van der Waals surface area contributed by atoms with Crippen LogP contribution in [0.2, 0.25) is 0 Å². The van der Waals surface area contributed by atoms with Crippen LogP contribution in [0.15, 0.2) is 27.4 Å².